The Balaban J connectivity index is 0.00000288. The summed E-state index contributed by atoms with van der Waals surface area (Å²) in [5.41, 5.74) is 0.131. The van der Waals surface area contributed by atoms with Crippen molar-refractivity contribution in [3.8, 4) is 0 Å². The number of hydrogen-bond donors (Lipinski definition) is 2. The highest BCUT2D eigenvalue weighted by Crippen LogP contribution is 2.37. The van der Waals surface area contributed by atoms with Crippen LogP contribution in [0, 0.1) is 5.92 Å². The van der Waals surface area contributed by atoms with Crippen molar-refractivity contribution in [2.75, 3.05) is 19.6 Å². The molecule has 2 atom stereocenters. The summed E-state index contributed by atoms with van der Waals surface area (Å²) >= 11 is 0. The van der Waals surface area contributed by atoms with E-state index < -0.39 is 24.4 Å². The third-order valence-corrected chi connectivity index (χ3v) is 4.26. The van der Waals surface area contributed by atoms with E-state index in [0.29, 0.717) is 12.5 Å². The number of carbonyl (C=O) groups is 1. The Bertz CT molecular complexity index is 490. The highest BCUT2D eigenvalue weighted by molar-refractivity contribution is 5.85. The number of carbonyl (C=O) groups excluding carboxylic acids is 1. The van der Waals surface area contributed by atoms with Gasteiger partial charge < -0.3 is 10.6 Å². The van der Waals surface area contributed by atoms with Crippen LogP contribution in [0.2, 0.25) is 0 Å². The summed E-state index contributed by atoms with van der Waals surface area (Å²) in [7, 11) is 0. The fourth-order valence-electron chi connectivity index (χ4n) is 2.95. The molecule has 0 bridgehead atoms. The molecule has 2 unspecified atom stereocenters. The van der Waals surface area contributed by atoms with Gasteiger partial charge in [0.15, 0.2) is 0 Å². The van der Waals surface area contributed by atoms with Gasteiger partial charge in [0.05, 0.1) is 5.92 Å². The molecule has 0 radical (unpaired) electrons. The zero-order valence-electron chi connectivity index (χ0n) is 13.4. The van der Waals surface area contributed by atoms with Crippen molar-refractivity contribution in [1.82, 2.24) is 10.6 Å². The topological polar surface area (TPSA) is 41.1 Å². The average molecular weight is 365 g/mol. The zero-order chi connectivity index (χ0) is 16.7. The van der Waals surface area contributed by atoms with Gasteiger partial charge in [-0.25, -0.2) is 0 Å². The first kappa shape index (κ1) is 20.8. The van der Waals surface area contributed by atoms with Gasteiger partial charge in [-0.15, -0.1) is 12.4 Å². The number of piperidine rings is 1. The lowest BCUT2D eigenvalue weighted by Crippen LogP contribution is -2.34. The third-order valence-electron chi connectivity index (χ3n) is 4.26. The third kappa shape index (κ3) is 6.69. The smallest absolute Gasteiger partial charge is 0.356 e. The van der Waals surface area contributed by atoms with Crippen molar-refractivity contribution in [2.45, 2.75) is 37.8 Å². The lowest BCUT2D eigenvalue weighted by Gasteiger charge is -2.23. The Morgan fingerprint density at radius 2 is 2.00 bits per heavy atom. The Hall–Kier alpha value is -1.27. The molecule has 1 aliphatic heterocycles. The van der Waals surface area contributed by atoms with Crippen LogP contribution in [0.3, 0.4) is 0 Å². The molecule has 7 heteroatoms. The normalized spacial score (nSPS) is 19.2. The zero-order valence-corrected chi connectivity index (χ0v) is 14.3. The maximum atomic E-state index is 13.2. The maximum Gasteiger partial charge on any atom is 0.396 e. The van der Waals surface area contributed by atoms with Gasteiger partial charge in [-0.05, 0) is 43.8 Å². The summed E-state index contributed by atoms with van der Waals surface area (Å²) in [5, 5.41) is 5.92. The van der Waals surface area contributed by atoms with Crippen LogP contribution in [0.25, 0.3) is 0 Å². The van der Waals surface area contributed by atoms with Gasteiger partial charge in [0, 0.05) is 13.0 Å². The van der Waals surface area contributed by atoms with Crippen LogP contribution in [0.1, 0.15) is 37.2 Å². The number of nitrogens with one attached hydrogen (secondary N) is 2. The minimum atomic E-state index is -4.42. The molecule has 1 aromatic rings. The molecule has 2 rings (SSSR count). The van der Waals surface area contributed by atoms with Crippen LogP contribution in [-0.2, 0) is 4.79 Å². The number of halogens is 4. The molecule has 1 aliphatic rings. The van der Waals surface area contributed by atoms with E-state index in [2.05, 4.69) is 10.6 Å². The fraction of sp³-hybridized carbons (Fsp3) is 0.588. The second-order valence-corrected chi connectivity index (χ2v) is 6.06. The maximum absolute atomic E-state index is 13.2. The van der Waals surface area contributed by atoms with Gasteiger partial charge in [0.1, 0.15) is 0 Å². The Morgan fingerprint density at radius 1 is 1.29 bits per heavy atom. The van der Waals surface area contributed by atoms with Gasteiger partial charge in [-0.1, -0.05) is 30.3 Å². The van der Waals surface area contributed by atoms with E-state index in [4.69, 9.17) is 0 Å². The van der Waals surface area contributed by atoms with Crippen LogP contribution in [0.5, 0.6) is 0 Å². The van der Waals surface area contributed by atoms with Crippen LogP contribution in [0.15, 0.2) is 30.3 Å². The van der Waals surface area contributed by atoms with E-state index in [1.165, 1.54) is 12.1 Å². The summed E-state index contributed by atoms with van der Waals surface area (Å²) in [6.07, 6.45) is -1.95. The fourth-order valence-corrected chi connectivity index (χ4v) is 2.95. The van der Waals surface area contributed by atoms with Gasteiger partial charge in [0.2, 0.25) is 5.91 Å². The Morgan fingerprint density at radius 3 is 2.58 bits per heavy atom. The van der Waals surface area contributed by atoms with Crippen molar-refractivity contribution in [3.05, 3.63) is 35.9 Å². The van der Waals surface area contributed by atoms with Crippen molar-refractivity contribution < 1.29 is 18.0 Å². The summed E-state index contributed by atoms with van der Waals surface area (Å²) in [6, 6.07) is 7.61. The summed E-state index contributed by atoms with van der Waals surface area (Å²) < 4.78 is 39.6. The molecule has 1 heterocycles. The first-order valence-corrected chi connectivity index (χ1v) is 8.06. The molecule has 3 nitrogen and oxygen atoms in total. The Labute approximate surface area is 146 Å². The molecular weight excluding hydrogens is 341 g/mol. The molecule has 1 aromatic carbocycles. The predicted molar refractivity (Wildman–Crippen MR) is 90.3 cm³/mol. The molecule has 0 saturated carbocycles. The molecule has 1 saturated heterocycles. The van der Waals surface area contributed by atoms with E-state index in [0.717, 1.165) is 32.4 Å². The lowest BCUT2D eigenvalue weighted by molar-refractivity contribution is -0.157. The quantitative estimate of drug-likeness (QED) is 0.809. The second kappa shape index (κ2) is 9.89. The van der Waals surface area contributed by atoms with Crippen molar-refractivity contribution >= 4 is 18.3 Å². The standard InChI is InChI=1S/C17H23F3N2O.ClH/c18-17(19,20)15(14-6-2-1-3-7-14)11-16(23)22-10-8-13-5-4-9-21-12-13;/h1-3,6-7,13,15,21H,4-5,8-12H2,(H,22,23);1H. The van der Waals surface area contributed by atoms with E-state index in [1.807, 2.05) is 0 Å². The van der Waals surface area contributed by atoms with Crippen LogP contribution in [0.4, 0.5) is 13.2 Å². The highest BCUT2D eigenvalue weighted by atomic mass is 35.5. The van der Waals surface area contributed by atoms with Crippen molar-refractivity contribution in [3.63, 3.8) is 0 Å². The van der Waals surface area contributed by atoms with E-state index in [-0.39, 0.29) is 18.0 Å². The van der Waals surface area contributed by atoms with Crippen LogP contribution in [-0.4, -0.2) is 31.7 Å². The number of alkyl halides is 3. The molecular formula is C17H24ClF3N2O. The molecule has 1 fully saturated rings. The summed E-state index contributed by atoms with van der Waals surface area (Å²) in [4.78, 5) is 11.9. The Kier molecular flexibility index (Phi) is 8.56. The second-order valence-electron chi connectivity index (χ2n) is 6.06. The molecule has 0 spiro atoms. The largest absolute Gasteiger partial charge is 0.396 e. The molecule has 0 aromatic heterocycles. The van der Waals surface area contributed by atoms with Crippen LogP contribution >= 0.6 is 12.4 Å². The molecule has 24 heavy (non-hydrogen) atoms. The first-order chi connectivity index (χ1) is 11.0. The molecule has 2 N–H and O–H groups in total. The highest BCUT2D eigenvalue weighted by Gasteiger charge is 2.41. The number of amides is 1. The van der Waals surface area contributed by atoms with Crippen molar-refractivity contribution in [2.24, 2.45) is 5.92 Å². The molecule has 0 aliphatic carbocycles. The van der Waals surface area contributed by atoms with Gasteiger partial charge >= 0.3 is 6.18 Å². The lowest BCUT2D eigenvalue weighted by atomic mass is 9.94. The van der Waals surface area contributed by atoms with Crippen LogP contribution < -0.4 is 10.6 Å². The monoisotopic (exact) mass is 364 g/mol. The van der Waals surface area contributed by atoms with Gasteiger partial charge in [0.25, 0.3) is 0 Å². The predicted octanol–water partition coefficient (Wildman–Crippen LogP) is 3.65. The minimum Gasteiger partial charge on any atom is -0.356 e. The molecule has 136 valence electrons. The van der Waals surface area contributed by atoms with E-state index in [9.17, 15) is 18.0 Å². The number of benzene rings is 1. The molecule has 1 amide bonds. The first-order valence-electron chi connectivity index (χ1n) is 8.06. The number of hydrogen-bond acceptors (Lipinski definition) is 2. The van der Waals surface area contributed by atoms with Crippen molar-refractivity contribution in [1.29, 1.82) is 0 Å². The van der Waals surface area contributed by atoms with E-state index in [1.54, 1.807) is 18.2 Å². The average Bonchev–Trinajstić information content (AvgIpc) is 2.53. The number of rotatable bonds is 6. The summed E-state index contributed by atoms with van der Waals surface area (Å²) in [6.45, 7) is 2.38. The SMILES string of the molecule is Cl.O=C(CC(c1ccccc1)C(F)(F)F)NCCC1CCCNC1. The van der Waals surface area contributed by atoms with Gasteiger partial charge in [-0.2, -0.15) is 13.2 Å². The minimum absolute atomic E-state index is 0. The van der Waals surface area contributed by atoms with E-state index >= 15 is 0 Å². The van der Waals surface area contributed by atoms with Gasteiger partial charge in [-0.3, -0.25) is 4.79 Å². The summed E-state index contributed by atoms with van der Waals surface area (Å²) in [5.74, 6) is -1.79.